The Hall–Kier alpha value is -2.44. The molecule has 0 radical (unpaired) electrons. The molecule has 0 bridgehead atoms. The van der Waals surface area contributed by atoms with Crippen LogP contribution in [0.1, 0.15) is 44.1 Å². The van der Waals surface area contributed by atoms with Crippen molar-refractivity contribution in [2.75, 3.05) is 7.05 Å². The van der Waals surface area contributed by atoms with Crippen molar-refractivity contribution < 1.29 is 23.5 Å². The van der Waals surface area contributed by atoms with Crippen LogP contribution in [0.3, 0.4) is 0 Å². The molecule has 2 fully saturated rings. The van der Waals surface area contributed by atoms with Gasteiger partial charge in [0.05, 0.1) is 0 Å². The first-order chi connectivity index (χ1) is 12.5. The van der Waals surface area contributed by atoms with E-state index in [0.717, 1.165) is 18.4 Å². The number of carbonyl (C=O) groups excluding carboxylic acids is 3. The second kappa shape index (κ2) is 7.85. The van der Waals surface area contributed by atoms with Crippen molar-refractivity contribution in [3.63, 3.8) is 0 Å². The van der Waals surface area contributed by atoms with E-state index in [1.54, 1.807) is 6.07 Å². The van der Waals surface area contributed by atoms with Gasteiger partial charge in [-0.15, -0.1) is 0 Å². The Morgan fingerprint density at radius 1 is 1.31 bits per heavy atom. The highest BCUT2D eigenvalue weighted by molar-refractivity contribution is 5.98. The lowest BCUT2D eigenvalue weighted by atomic mass is 9.97. The Kier molecular flexibility index (Phi) is 5.54. The van der Waals surface area contributed by atoms with Crippen LogP contribution in [0.2, 0.25) is 0 Å². The number of carbonyl (C=O) groups is 3. The summed E-state index contributed by atoms with van der Waals surface area (Å²) in [5.41, 5.74) is 0.799. The number of aryl methyl sites for hydroxylation is 1. The number of benzene rings is 1. The van der Waals surface area contributed by atoms with E-state index < -0.39 is 11.9 Å². The van der Waals surface area contributed by atoms with Crippen LogP contribution in [0, 0.1) is 11.7 Å². The maximum atomic E-state index is 13.8. The highest BCUT2D eigenvalue weighted by Gasteiger charge is 2.41. The number of ether oxygens (including phenoxy) is 1. The molecule has 1 saturated heterocycles. The fourth-order valence-corrected chi connectivity index (χ4v) is 3.44. The average Bonchev–Trinajstić information content (AvgIpc) is 3.44. The minimum Gasteiger partial charge on any atom is -0.407 e. The third-order valence-corrected chi connectivity index (χ3v) is 4.95. The molecule has 2 aliphatic rings. The van der Waals surface area contributed by atoms with E-state index in [1.807, 2.05) is 0 Å². The molecular formula is C19H23FN2O4. The normalized spacial score (nSPS) is 18.6. The van der Waals surface area contributed by atoms with E-state index in [0.29, 0.717) is 38.0 Å². The number of likely N-dealkylation sites (tertiary alicyclic amines) is 1. The van der Waals surface area contributed by atoms with Gasteiger partial charge < -0.3 is 10.1 Å². The first kappa shape index (κ1) is 18.4. The Labute approximate surface area is 151 Å². The number of imide groups is 1. The van der Waals surface area contributed by atoms with Crippen LogP contribution in [-0.4, -0.2) is 35.9 Å². The monoisotopic (exact) mass is 362 g/mol. The van der Waals surface area contributed by atoms with Crippen LogP contribution in [0.15, 0.2) is 18.2 Å². The molecular weight excluding hydrogens is 339 g/mol. The molecule has 1 atom stereocenters. The quantitative estimate of drug-likeness (QED) is 0.790. The lowest BCUT2D eigenvalue weighted by molar-refractivity contribution is -0.151. The van der Waals surface area contributed by atoms with E-state index in [1.165, 1.54) is 24.1 Å². The summed E-state index contributed by atoms with van der Waals surface area (Å²) >= 11 is 0. The largest absolute Gasteiger partial charge is 0.412 e. The molecule has 1 saturated carbocycles. The zero-order chi connectivity index (χ0) is 18.7. The van der Waals surface area contributed by atoms with Crippen molar-refractivity contribution in [3.8, 4) is 5.75 Å². The van der Waals surface area contributed by atoms with Crippen molar-refractivity contribution in [1.29, 1.82) is 0 Å². The van der Waals surface area contributed by atoms with E-state index in [4.69, 9.17) is 4.74 Å². The first-order valence-corrected chi connectivity index (χ1v) is 9.02. The molecule has 1 aliphatic carbocycles. The number of hydrogen-bond acceptors (Lipinski definition) is 4. The number of piperidine rings is 1. The molecule has 1 N–H and O–H groups in total. The highest BCUT2D eigenvalue weighted by Crippen LogP contribution is 2.39. The Morgan fingerprint density at radius 3 is 2.62 bits per heavy atom. The van der Waals surface area contributed by atoms with Gasteiger partial charge in [0, 0.05) is 25.9 Å². The maximum Gasteiger partial charge on any atom is 0.412 e. The fraction of sp³-hybridized carbons (Fsp3) is 0.526. The Balaban J connectivity index is 1.70. The highest BCUT2D eigenvalue weighted by atomic mass is 19.1. The first-order valence-electron chi connectivity index (χ1n) is 9.02. The van der Waals surface area contributed by atoms with E-state index in [9.17, 15) is 18.8 Å². The predicted octanol–water partition coefficient (Wildman–Crippen LogP) is 2.79. The summed E-state index contributed by atoms with van der Waals surface area (Å²) in [7, 11) is 1.40. The van der Waals surface area contributed by atoms with Gasteiger partial charge in [-0.05, 0) is 55.7 Å². The van der Waals surface area contributed by atoms with Crippen LogP contribution in [0.4, 0.5) is 9.18 Å². The van der Waals surface area contributed by atoms with Crippen LogP contribution in [0.25, 0.3) is 0 Å². The van der Waals surface area contributed by atoms with Gasteiger partial charge in [-0.3, -0.25) is 14.5 Å². The van der Waals surface area contributed by atoms with Gasteiger partial charge in [-0.25, -0.2) is 9.18 Å². The molecule has 1 aromatic carbocycles. The second-order valence-corrected chi connectivity index (χ2v) is 6.86. The number of halogens is 1. The van der Waals surface area contributed by atoms with Crippen molar-refractivity contribution in [3.05, 3.63) is 29.6 Å². The number of amides is 3. The maximum absolute atomic E-state index is 13.8. The smallest absolute Gasteiger partial charge is 0.407 e. The van der Waals surface area contributed by atoms with Crippen molar-refractivity contribution in [2.45, 2.75) is 51.0 Å². The molecule has 3 rings (SSSR count). The Bertz CT molecular complexity index is 701. The molecule has 1 aliphatic heterocycles. The van der Waals surface area contributed by atoms with Crippen LogP contribution < -0.4 is 10.1 Å². The van der Waals surface area contributed by atoms with Crippen LogP contribution >= 0.6 is 0 Å². The molecule has 3 amide bonds. The molecule has 0 spiro atoms. The van der Waals surface area contributed by atoms with Gasteiger partial charge >= 0.3 is 6.09 Å². The summed E-state index contributed by atoms with van der Waals surface area (Å²) < 4.78 is 18.7. The summed E-state index contributed by atoms with van der Waals surface area (Å²) in [6.07, 6.45) is 4.00. The Morgan fingerprint density at radius 2 is 2.00 bits per heavy atom. The van der Waals surface area contributed by atoms with E-state index >= 15 is 0 Å². The van der Waals surface area contributed by atoms with E-state index in [-0.39, 0.29) is 23.6 Å². The van der Waals surface area contributed by atoms with Crippen molar-refractivity contribution in [2.24, 2.45) is 5.92 Å². The standard InChI is InChI=1S/C19H23FN2O4/c1-21-19(25)26-16-11-12(5-9-14(16)20)6-10-15(13-7-8-13)22-17(23)3-2-4-18(22)24/h5,9,11,13,15H,2-4,6-8,10H2,1H3,(H,21,25)/t15-/m0/s1. The number of hydrogen-bond donors (Lipinski definition) is 1. The molecule has 6 nitrogen and oxygen atoms in total. The number of nitrogens with one attached hydrogen (secondary N) is 1. The SMILES string of the molecule is CNC(=O)Oc1cc(CC[C@@H](C2CC2)N2C(=O)CCCC2=O)ccc1F. The zero-order valence-electron chi connectivity index (χ0n) is 14.8. The van der Waals surface area contributed by atoms with Gasteiger partial charge in [0.25, 0.3) is 0 Å². The lowest BCUT2D eigenvalue weighted by Crippen LogP contribution is -2.48. The average molecular weight is 362 g/mol. The minimum absolute atomic E-state index is 0.0825. The summed E-state index contributed by atoms with van der Waals surface area (Å²) in [5.74, 6) is -0.544. The second-order valence-electron chi connectivity index (χ2n) is 6.86. The third-order valence-electron chi connectivity index (χ3n) is 4.95. The molecule has 1 aromatic rings. The number of rotatable bonds is 6. The van der Waals surface area contributed by atoms with Crippen LogP contribution in [0.5, 0.6) is 5.75 Å². The molecule has 26 heavy (non-hydrogen) atoms. The predicted molar refractivity (Wildman–Crippen MR) is 92.0 cm³/mol. The van der Waals surface area contributed by atoms with E-state index in [2.05, 4.69) is 5.32 Å². The van der Waals surface area contributed by atoms with Gasteiger partial charge in [0.2, 0.25) is 11.8 Å². The molecule has 0 unspecified atom stereocenters. The summed E-state index contributed by atoms with van der Waals surface area (Å²) in [4.78, 5) is 37.2. The minimum atomic E-state index is -0.735. The zero-order valence-corrected chi connectivity index (χ0v) is 14.8. The van der Waals surface area contributed by atoms with Gasteiger partial charge in [-0.1, -0.05) is 6.07 Å². The molecule has 140 valence electrons. The van der Waals surface area contributed by atoms with Gasteiger partial charge in [0.1, 0.15) is 0 Å². The summed E-state index contributed by atoms with van der Waals surface area (Å²) in [5, 5.41) is 2.28. The van der Waals surface area contributed by atoms with Crippen LogP contribution in [-0.2, 0) is 16.0 Å². The van der Waals surface area contributed by atoms with Crippen molar-refractivity contribution in [1.82, 2.24) is 10.2 Å². The lowest BCUT2D eigenvalue weighted by Gasteiger charge is -2.33. The molecule has 1 heterocycles. The molecule has 0 aromatic heterocycles. The topological polar surface area (TPSA) is 75.7 Å². The summed E-state index contributed by atoms with van der Waals surface area (Å²) in [6, 6.07) is 4.30. The van der Waals surface area contributed by atoms with Gasteiger partial charge in [0.15, 0.2) is 11.6 Å². The fourth-order valence-electron chi connectivity index (χ4n) is 3.44. The van der Waals surface area contributed by atoms with Gasteiger partial charge in [-0.2, -0.15) is 0 Å². The molecule has 7 heteroatoms. The summed E-state index contributed by atoms with van der Waals surface area (Å²) in [6.45, 7) is 0. The third kappa shape index (κ3) is 4.20. The van der Waals surface area contributed by atoms with Crippen molar-refractivity contribution >= 4 is 17.9 Å². The number of nitrogens with zero attached hydrogens (tertiary/aromatic N) is 1.